The molecular formula is C12H20N2O6. The molecule has 1 aliphatic rings. The van der Waals surface area contributed by atoms with Crippen LogP contribution in [0.5, 0.6) is 0 Å². The van der Waals surface area contributed by atoms with E-state index in [4.69, 9.17) is 9.84 Å². The third-order valence-electron chi connectivity index (χ3n) is 3.03. The van der Waals surface area contributed by atoms with Crippen LogP contribution in [0.4, 0.5) is 4.79 Å². The Bertz CT molecular complexity index is 384. The van der Waals surface area contributed by atoms with Crippen LogP contribution in [0.3, 0.4) is 0 Å². The number of hydrogen-bond acceptors (Lipinski definition) is 5. The lowest BCUT2D eigenvalue weighted by atomic mass is 10.1. The van der Waals surface area contributed by atoms with Crippen LogP contribution in [-0.2, 0) is 19.1 Å². The third kappa shape index (κ3) is 4.09. The number of esters is 1. The maximum atomic E-state index is 12.0. The minimum Gasteiger partial charge on any atom is -0.480 e. The molecule has 1 heterocycles. The van der Waals surface area contributed by atoms with Crippen LogP contribution >= 0.6 is 0 Å². The average Bonchev–Trinajstić information content (AvgIpc) is 2.42. The standard InChI is InChI=1S/C12H20N2O6/c1-7(2)9(10(15)16)13-12(18)14-4-5-20-8(6-14)11(17)19-3/h7-9H,4-6H2,1-3H3,(H,13,18)(H,15,16)/t8?,9-/m1/s1. The summed E-state index contributed by atoms with van der Waals surface area (Å²) in [6.45, 7) is 3.95. The molecule has 0 spiro atoms. The van der Waals surface area contributed by atoms with Crippen molar-refractivity contribution in [2.75, 3.05) is 26.8 Å². The van der Waals surface area contributed by atoms with Gasteiger partial charge in [0.1, 0.15) is 6.04 Å². The molecule has 0 aliphatic carbocycles. The van der Waals surface area contributed by atoms with Gasteiger partial charge in [-0.1, -0.05) is 13.8 Å². The lowest BCUT2D eigenvalue weighted by molar-refractivity contribution is -0.158. The first-order chi connectivity index (χ1) is 9.36. The number of aliphatic carboxylic acids is 1. The fourth-order valence-corrected chi connectivity index (χ4v) is 1.85. The van der Waals surface area contributed by atoms with Gasteiger partial charge in [-0.25, -0.2) is 14.4 Å². The number of methoxy groups -OCH3 is 1. The highest BCUT2D eigenvalue weighted by molar-refractivity contribution is 5.83. The zero-order valence-corrected chi connectivity index (χ0v) is 11.8. The molecular weight excluding hydrogens is 268 g/mol. The highest BCUT2D eigenvalue weighted by atomic mass is 16.6. The zero-order chi connectivity index (χ0) is 15.3. The van der Waals surface area contributed by atoms with E-state index in [1.54, 1.807) is 13.8 Å². The second kappa shape index (κ2) is 7.09. The van der Waals surface area contributed by atoms with Crippen LogP contribution < -0.4 is 5.32 Å². The number of amides is 2. The van der Waals surface area contributed by atoms with Gasteiger partial charge in [-0.3, -0.25) is 0 Å². The molecule has 1 saturated heterocycles. The van der Waals surface area contributed by atoms with Crippen molar-refractivity contribution in [1.29, 1.82) is 0 Å². The summed E-state index contributed by atoms with van der Waals surface area (Å²) in [7, 11) is 1.24. The van der Waals surface area contributed by atoms with Crippen LogP contribution in [0, 0.1) is 5.92 Å². The van der Waals surface area contributed by atoms with Crippen LogP contribution in [0.1, 0.15) is 13.8 Å². The number of rotatable bonds is 4. The van der Waals surface area contributed by atoms with Crippen molar-refractivity contribution < 1.29 is 29.0 Å². The first kappa shape index (κ1) is 16.2. The first-order valence-corrected chi connectivity index (χ1v) is 6.34. The van der Waals surface area contributed by atoms with Gasteiger partial charge in [-0.2, -0.15) is 0 Å². The molecule has 8 heteroatoms. The Morgan fingerprint density at radius 1 is 1.40 bits per heavy atom. The van der Waals surface area contributed by atoms with E-state index in [1.165, 1.54) is 12.0 Å². The zero-order valence-electron chi connectivity index (χ0n) is 11.8. The fourth-order valence-electron chi connectivity index (χ4n) is 1.85. The smallest absolute Gasteiger partial charge is 0.336 e. The first-order valence-electron chi connectivity index (χ1n) is 6.34. The molecule has 0 aromatic rings. The van der Waals surface area contributed by atoms with E-state index >= 15 is 0 Å². The Morgan fingerprint density at radius 3 is 2.55 bits per heavy atom. The van der Waals surface area contributed by atoms with Gasteiger partial charge in [-0.05, 0) is 5.92 Å². The lowest BCUT2D eigenvalue weighted by Crippen LogP contribution is -2.55. The number of carbonyl (C=O) groups excluding carboxylic acids is 2. The number of urea groups is 1. The summed E-state index contributed by atoms with van der Waals surface area (Å²) in [5.74, 6) is -1.89. The molecule has 2 atom stereocenters. The molecule has 1 unspecified atom stereocenters. The van der Waals surface area contributed by atoms with E-state index in [0.29, 0.717) is 6.54 Å². The summed E-state index contributed by atoms with van der Waals surface area (Å²) in [5, 5.41) is 11.5. The number of hydrogen-bond donors (Lipinski definition) is 2. The molecule has 0 radical (unpaired) electrons. The van der Waals surface area contributed by atoms with Crippen LogP contribution in [0.2, 0.25) is 0 Å². The van der Waals surface area contributed by atoms with Crippen LogP contribution in [0.15, 0.2) is 0 Å². The molecule has 1 rings (SSSR count). The predicted molar refractivity (Wildman–Crippen MR) is 68.1 cm³/mol. The van der Waals surface area contributed by atoms with Gasteiger partial charge in [-0.15, -0.1) is 0 Å². The SMILES string of the molecule is COC(=O)C1CN(C(=O)N[C@@H](C(=O)O)C(C)C)CCO1. The molecule has 0 aromatic heterocycles. The van der Waals surface area contributed by atoms with Gasteiger partial charge in [0.15, 0.2) is 6.10 Å². The number of morpholine rings is 1. The van der Waals surface area contributed by atoms with Crippen molar-refractivity contribution in [3.05, 3.63) is 0 Å². The van der Waals surface area contributed by atoms with Crippen LogP contribution in [0.25, 0.3) is 0 Å². The summed E-state index contributed by atoms with van der Waals surface area (Å²) >= 11 is 0. The van der Waals surface area contributed by atoms with E-state index in [2.05, 4.69) is 10.1 Å². The molecule has 0 aromatic carbocycles. The number of carbonyl (C=O) groups is 3. The maximum Gasteiger partial charge on any atom is 0.336 e. The summed E-state index contributed by atoms with van der Waals surface area (Å²) < 4.78 is 9.76. The Kier molecular flexibility index (Phi) is 5.75. The molecule has 20 heavy (non-hydrogen) atoms. The molecule has 8 nitrogen and oxygen atoms in total. The van der Waals surface area contributed by atoms with E-state index < -0.39 is 30.1 Å². The molecule has 0 bridgehead atoms. The Balaban J connectivity index is 2.62. The molecule has 1 fully saturated rings. The van der Waals surface area contributed by atoms with E-state index in [1.807, 2.05) is 0 Å². The highest BCUT2D eigenvalue weighted by Crippen LogP contribution is 2.09. The second-order valence-electron chi connectivity index (χ2n) is 4.84. The fraction of sp³-hybridized carbons (Fsp3) is 0.750. The van der Waals surface area contributed by atoms with Crippen molar-refractivity contribution >= 4 is 18.0 Å². The van der Waals surface area contributed by atoms with Crippen LogP contribution in [-0.4, -0.2) is 66.9 Å². The Morgan fingerprint density at radius 2 is 2.05 bits per heavy atom. The van der Waals surface area contributed by atoms with Crippen molar-refractivity contribution in [3.8, 4) is 0 Å². The van der Waals surface area contributed by atoms with Gasteiger partial charge in [0.2, 0.25) is 0 Å². The quantitative estimate of drug-likeness (QED) is 0.687. The number of carboxylic acid groups (broad SMARTS) is 1. The highest BCUT2D eigenvalue weighted by Gasteiger charge is 2.32. The largest absolute Gasteiger partial charge is 0.480 e. The van der Waals surface area contributed by atoms with E-state index in [0.717, 1.165) is 0 Å². The average molecular weight is 288 g/mol. The van der Waals surface area contributed by atoms with Crippen molar-refractivity contribution in [1.82, 2.24) is 10.2 Å². The normalized spacial score (nSPS) is 20.4. The van der Waals surface area contributed by atoms with Gasteiger partial charge in [0.05, 0.1) is 20.3 Å². The Hall–Kier alpha value is -1.83. The van der Waals surface area contributed by atoms with Gasteiger partial charge >= 0.3 is 18.0 Å². The minimum absolute atomic E-state index is 0.0446. The molecule has 2 amide bonds. The minimum atomic E-state index is -1.09. The second-order valence-corrected chi connectivity index (χ2v) is 4.84. The third-order valence-corrected chi connectivity index (χ3v) is 3.03. The molecule has 0 saturated carbocycles. The van der Waals surface area contributed by atoms with Crippen molar-refractivity contribution in [2.24, 2.45) is 5.92 Å². The lowest BCUT2D eigenvalue weighted by Gasteiger charge is -2.32. The topological polar surface area (TPSA) is 105 Å². The van der Waals surface area contributed by atoms with E-state index in [-0.39, 0.29) is 19.1 Å². The monoisotopic (exact) mass is 288 g/mol. The van der Waals surface area contributed by atoms with Crippen molar-refractivity contribution in [3.63, 3.8) is 0 Å². The summed E-state index contributed by atoms with van der Waals surface area (Å²) in [5.41, 5.74) is 0. The molecule has 114 valence electrons. The Labute approximate surface area is 117 Å². The number of ether oxygens (including phenoxy) is 2. The summed E-state index contributed by atoms with van der Waals surface area (Å²) in [6, 6.07) is -1.50. The summed E-state index contributed by atoms with van der Waals surface area (Å²) in [4.78, 5) is 35.8. The number of nitrogens with zero attached hydrogens (tertiary/aromatic N) is 1. The van der Waals surface area contributed by atoms with Gasteiger partial charge in [0, 0.05) is 6.54 Å². The number of nitrogens with one attached hydrogen (secondary N) is 1. The number of carboxylic acids is 1. The van der Waals surface area contributed by atoms with Crippen molar-refractivity contribution in [2.45, 2.75) is 26.0 Å². The van der Waals surface area contributed by atoms with Gasteiger partial charge < -0.3 is 24.8 Å². The summed E-state index contributed by atoms with van der Waals surface area (Å²) in [6.07, 6.45) is -0.832. The predicted octanol–water partition coefficient (Wildman–Crippen LogP) is -0.321. The van der Waals surface area contributed by atoms with E-state index in [9.17, 15) is 14.4 Å². The molecule has 2 N–H and O–H groups in total. The molecule has 1 aliphatic heterocycles. The van der Waals surface area contributed by atoms with Gasteiger partial charge in [0.25, 0.3) is 0 Å². The maximum absolute atomic E-state index is 12.0.